The first-order chi connectivity index (χ1) is 5.13. The van der Waals surface area contributed by atoms with E-state index in [9.17, 15) is 0 Å². The average molecular weight is 147 g/mol. The fraction of sp³-hybridized carbons (Fsp3) is 0.300. The molecule has 0 radical (unpaired) electrons. The molecule has 11 heavy (non-hydrogen) atoms. The summed E-state index contributed by atoms with van der Waals surface area (Å²) in [5.41, 5.74) is 4.65. The van der Waals surface area contributed by atoms with Crippen LogP contribution in [0.4, 0.5) is 0 Å². The molecule has 1 aromatic rings. The molecule has 0 aromatic carbocycles. The van der Waals surface area contributed by atoms with Crippen LogP contribution in [-0.2, 0) is 0 Å². The van der Waals surface area contributed by atoms with Gasteiger partial charge >= 0.3 is 0 Å². The van der Waals surface area contributed by atoms with Gasteiger partial charge in [0.1, 0.15) is 0 Å². The van der Waals surface area contributed by atoms with E-state index in [2.05, 4.69) is 18.5 Å². The molecule has 1 nitrogen and oxygen atoms in total. The predicted octanol–water partition coefficient (Wildman–Crippen LogP) is 2.73. The molecule has 1 aromatic heterocycles. The van der Waals surface area contributed by atoms with Crippen LogP contribution in [0.5, 0.6) is 0 Å². The third-order valence-corrected chi connectivity index (χ3v) is 1.92. The SMILES string of the molecule is C=C(C)c1ccnc(C)c1C. The Labute approximate surface area is 67.8 Å². The second-order valence-corrected chi connectivity index (χ2v) is 2.85. The Morgan fingerprint density at radius 3 is 2.55 bits per heavy atom. The molecule has 1 heteroatoms. The highest BCUT2D eigenvalue weighted by Crippen LogP contribution is 2.17. The summed E-state index contributed by atoms with van der Waals surface area (Å²) in [7, 11) is 0. The van der Waals surface area contributed by atoms with Gasteiger partial charge in [-0.05, 0) is 38.0 Å². The van der Waals surface area contributed by atoms with Crippen LogP contribution < -0.4 is 0 Å². The molecule has 1 heterocycles. The number of aryl methyl sites for hydroxylation is 1. The third kappa shape index (κ3) is 1.48. The zero-order valence-corrected chi connectivity index (χ0v) is 7.31. The van der Waals surface area contributed by atoms with Gasteiger partial charge in [0.15, 0.2) is 0 Å². The van der Waals surface area contributed by atoms with Gasteiger partial charge in [-0.2, -0.15) is 0 Å². The number of pyridine rings is 1. The molecule has 0 aliphatic rings. The Balaban J connectivity index is 3.27. The van der Waals surface area contributed by atoms with Crippen molar-refractivity contribution in [1.82, 2.24) is 4.98 Å². The Hall–Kier alpha value is -1.11. The van der Waals surface area contributed by atoms with Crippen molar-refractivity contribution in [3.8, 4) is 0 Å². The van der Waals surface area contributed by atoms with E-state index in [1.165, 1.54) is 11.1 Å². The molecule has 1 rings (SSSR count). The molecule has 0 unspecified atom stereocenters. The molecular weight excluding hydrogens is 134 g/mol. The van der Waals surface area contributed by atoms with Gasteiger partial charge < -0.3 is 0 Å². The second-order valence-electron chi connectivity index (χ2n) is 2.85. The maximum atomic E-state index is 4.18. The van der Waals surface area contributed by atoms with Crippen LogP contribution >= 0.6 is 0 Å². The largest absolute Gasteiger partial charge is 0.261 e. The highest BCUT2D eigenvalue weighted by Gasteiger charge is 2.00. The smallest absolute Gasteiger partial charge is 0.0407 e. The van der Waals surface area contributed by atoms with Crippen molar-refractivity contribution in [3.05, 3.63) is 35.7 Å². The Morgan fingerprint density at radius 2 is 2.09 bits per heavy atom. The van der Waals surface area contributed by atoms with Crippen LogP contribution in [0, 0.1) is 13.8 Å². The van der Waals surface area contributed by atoms with Gasteiger partial charge in [0.2, 0.25) is 0 Å². The molecule has 0 aliphatic heterocycles. The van der Waals surface area contributed by atoms with E-state index in [1.54, 1.807) is 0 Å². The van der Waals surface area contributed by atoms with Gasteiger partial charge in [-0.3, -0.25) is 4.98 Å². The lowest BCUT2D eigenvalue weighted by atomic mass is 10.0. The molecule has 0 spiro atoms. The minimum atomic E-state index is 1.09. The average Bonchev–Trinajstić information content (AvgIpc) is 1.94. The molecule has 0 atom stereocenters. The van der Waals surface area contributed by atoms with Crippen molar-refractivity contribution >= 4 is 5.57 Å². The summed E-state index contributed by atoms with van der Waals surface area (Å²) in [5, 5.41) is 0. The predicted molar refractivity (Wildman–Crippen MR) is 48.4 cm³/mol. The quantitative estimate of drug-likeness (QED) is 0.595. The fourth-order valence-corrected chi connectivity index (χ4v) is 1.10. The molecular formula is C10H13N. The molecule has 0 saturated carbocycles. The number of aromatic nitrogens is 1. The van der Waals surface area contributed by atoms with E-state index in [0.29, 0.717) is 0 Å². The monoisotopic (exact) mass is 147 g/mol. The molecule has 0 bridgehead atoms. The molecule has 0 N–H and O–H groups in total. The van der Waals surface area contributed by atoms with E-state index >= 15 is 0 Å². The summed E-state index contributed by atoms with van der Waals surface area (Å²) in [5.74, 6) is 0. The van der Waals surface area contributed by atoms with E-state index in [1.807, 2.05) is 26.1 Å². The van der Waals surface area contributed by atoms with Gasteiger partial charge in [-0.15, -0.1) is 0 Å². The summed E-state index contributed by atoms with van der Waals surface area (Å²) in [4.78, 5) is 4.18. The maximum absolute atomic E-state index is 4.18. The number of hydrogen-bond acceptors (Lipinski definition) is 1. The first-order valence-electron chi connectivity index (χ1n) is 3.71. The Bertz CT molecular complexity index is 287. The van der Waals surface area contributed by atoms with E-state index in [0.717, 1.165) is 11.3 Å². The van der Waals surface area contributed by atoms with Crippen LogP contribution in [0.2, 0.25) is 0 Å². The summed E-state index contributed by atoms with van der Waals surface area (Å²) >= 11 is 0. The molecule has 0 amide bonds. The maximum Gasteiger partial charge on any atom is 0.0407 e. The zero-order chi connectivity index (χ0) is 8.43. The lowest BCUT2D eigenvalue weighted by Crippen LogP contribution is -1.91. The van der Waals surface area contributed by atoms with Gasteiger partial charge in [0.05, 0.1) is 0 Å². The molecule has 0 saturated heterocycles. The topological polar surface area (TPSA) is 12.9 Å². The van der Waals surface area contributed by atoms with Crippen molar-refractivity contribution in [2.24, 2.45) is 0 Å². The minimum Gasteiger partial charge on any atom is -0.261 e. The first kappa shape index (κ1) is 7.99. The lowest BCUT2D eigenvalue weighted by molar-refractivity contribution is 1.14. The Morgan fingerprint density at radius 1 is 1.45 bits per heavy atom. The van der Waals surface area contributed by atoms with Crippen molar-refractivity contribution in [3.63, 3.8) is 0 Å². The van der Waals surface area contributed by atoms with Crippen molar-refractivity contribution < 1.29 is 0 Å². The van der Waals surface area contributed by atoms with E-state index in [-0.39, 0.29) is 0 Å². The molecule has 58 valence electrons. The Kier molecular flexibility index (Phi) is 2.08. The summed E-state index contributed by atoms with van der Waals surface area (Å²) < 4.78 is 0. The van der Waals surface area contributed by atoms with Gasteiger partial charge in [-0.1, -0.05) is 12.2 Å². The number of allylic oxidation sites excluding steroid dienone is 1. The summed E-state index contributed by atoms with van der Waals surface area (Å²) in [6.45, 7) is 10.0. The summed E-state index contributed by atoms with van der Waals surface area (Å²) in [6.07, 6.45) is 1.83. The standard InChI is InChI=1S/C10H13N/c1-7(2)10-5-6-11-9(4)8(10)3/h5-6H,1H2,2-4H3. The van der Waals surface area contributed by atoms with Crippen LogP contribution in [0.25, 0.3) is 5.57 Å². The highest BCUT2D eigenvalue weighted by molar-refractivity contribution is 5.64. The molecule has 0 fully saturated rings. The number of nitrogens with zero attached hydrogens (tertiary/aromatic N) is 1. The summed E-state index contributed by atoms with van der Waals surface area (Å²) in [6, 6.07) is 2.00. The van der Waals surface area contributed by atoms with Crippen molar-refractivity contribution in [2.45, 2.75) is 20.8 Å². The van der Waals surface area contributed by atoms with Gasteiger partial charge in [-0.25, -0.2) is 0 Å². The number of hydrogen-bond donors (Lipinski definition) is 0. The van der Waals surface area contributed by atoms with Crippen LogP contribution in [0.15, 0.2) is 18.8 Å². The van der Waals surface area contributed by atoms with Crippen molar-refractivity contribution in [1.29, 1.82) is 0 Å². The van der Waals surface area contributed by atoms with Crippen LogP contribution in [0.3, 0.4) is 0 Å². The lowest BCUT2D eigenvalue weighted by Gasteiger charge is -2.05. The normalized spacial score (nSPS) is 9.73. The zero-order valence-electron chi connectivity index (χ0n) is 7.31. The van der Waals surface area contributed by atoms with Crippen molar-refractivity contribution in [2.75, 3.05) is 0 Å². The van der Waals surface area contributed by atoms with Crippen LogP contribution in [0.1, 0.15) is 23.7 Å². The third-order valence-electron chi connectivity index (χ3n) is 1.92. The highest BCUT2D eigenvalue weighted by atomic mass is 14.7. The fourth-order valence-electron chi connectivity index (χ4n) is 1.10. The minimum absolute atomic E-state index is 1.09. The van der Waals surface area contributed by atoms with Gasteiger partial charge in [0, 0.05) is 11.9 Å². The van der Waals surface area contributed by atoms with Crippen LogP contribution in [-0.4, -0.2) is 4.98 Å². The molecule has 0 aliphatic carbocycles. The van der Waals surface area contributed by atoms with E-state index in [4.69, 9.17) is 0 Å². The first-order valence-corrected chi connectivity index (χ1v) is 3.71. The second kappa shape index (κ2) is 2.87. The van der Waals surface area contributed by atoms with Gasteiger partial charge in [0.25, 0.3) is 0 Å². The van der Waals surface area contributed by atoms with E-state index < -0.39 is 0 Å². The number of rotatable bonds is 1.